The molecule has 0 bridgehead atoms. The number of benzene rings is 1. The molecule has 1 unspecified atom stereocenters. The fourth-order valence-electron chi connectivity index (χ4n) is 1.56. The molecule has 0 aliphatic heterocycles. The lowest BCUT2D eigenvalue weighted by molar-refractivity contribution is -0.144. The molecule has 110 valence electrons. The van der Waals surface area contributed by atoms with Gasteiger partial charge in [-0.25, -0.2) is 4.79 Å². The highest BCUT2D eigenvalue weighted by molar-refractivity contribution is 5.91. The van der Waals surface area contributed by atoms with Crippen molar-refractivity contribution in [3.05, 3.63) is 48.0 Å². The second kappa shape index (κ2) is 10.8. The van der Waals surface area contributed by atoms with Crippen LogP contribution in [0.5, 0.6) is 0 Å². The average Bonchev–Trinajstić information content (AvgIpc) is 2.49. The van der Waals surface area contributed by atoms with Crippen molar-refractivity contribution in [2.75, 3.05) is 7.11 Å². The largest absolute Gasteiger partial charge is 0.467 e. The quantitative estimate of drug-likeness (QED) is 0.664. The van der Waals surface area contributed by atoms with E-state index in [1.807, 2.05) is 44.2 Å². The van der Waals surface area contributed by atoms with Gasteiger partial charge in [0, 0.05) is 6.42 Å². The number of rotatable bonds is 5. The molecule has 0 aromatic heterocycles. The summed E-state index contributed by atoms with van der Waals surface area (Å²) < 4.78 is 4.69. The molecule has 1 aromatic rings. The van der Waals surface area contributed by atoms with Crippen molar-refractivity contribution in [1.82, 2.24) is 5.32 Å². The molecule has 4 nitrogen and oxygen atoms in total. The molecule has 0 heterocycles. The predicted octanol–water partition coefficient (Wildman–Crippen LogP) is 2.49. The van der Waals surface area contributed by atoms with Crippen LogP contribution in [-0.4, -0.2) is 25.0 Å². The molecular weight excluding hydrogens is 254 g/mol. The minimum Gasteiger partial charge on any atom is -0.467 e. The maximum atomic E-state index is 11.6. The molecule has 0 radical (unpaired) electrons. The van der Waals surface area contributed by atoms with Crippen molar-refractivity contribution in [1.29, 1.82) is 0 Å². The summed E-state index contributed by atoms with van der Waals surface area (Å²) in [7, 11) is 1.31. The third kappa shape index (κ3) is 6.73. The van der Waals surface area contributed by atoms with Gasteiger partial charge < -0.3 is 10.1 Å². The van der Waals surface area contributed by atoms with Gasteiger partial charge in [-0.1, -0.05) is 50.3 Å². The van der Waals surface area contributed by atoms with Gasteiger partial charge >= 0.3 is 5.97 Å². The molecule has 1 aromatic carbocycles. The fourth-order valence-corrected chi connectivity index (χ4v) is 1.56. The monoisotopic (exact) mass is 277 g/mol. The van der Waals surface area contributed by atoms with Crippen molar-refractivity contribution in [3.63, 3.8) is 0 Å². The standard InChI is InChI=1S/C14H17NO3.C2H6/c1-3-7-13(16)15-12(14(17)18-2)10-11-8-5-4-6-9-11;1-2/h3-9,12H,10H2,1-2H3,(H,15,16);1-2H3/b7-3+;. The van der Waals surface area contributed by atoms with Crippen molar-refractivity contribution in [2.24, 2.45) is 0 Å². The lowest BCUT2D eigenvalue weighted by Crippen LogP contribution is -2.42. The van der Waals surface area contributed by atoms with Gasteiger partial charge in [-0.2, -0.15) is 0 Å². The predicted molar refractivity (Wildman–Crippen MR) is 80.3 cm³/mol. The summed E-state index contributed by atoms with van der Waals surface area (Å²) in [6.45, 7) is 5.74. The molecule has 1 rings (SSSR count). The first kappa shape index (κ1) is 17.9. The van der Waals surface area contributed by atoms with E-state index in [-0.39, 0.29) is 5.91 Å². The Bertz CT molecular complexity index is 427. The average molecular weight is 277 g/mol. The van der Waals surface area contributed by atoms with Gasteiger partial charge in [0.15, 0.2) is 0 Å². The SMILES string of the molecule is C/C=C/C(=O)NC(Cc1ccccc1)C(=O)OC.CC. The smallest absolute Gasteiger partial charge is 0.328 e. The summed E-state index contributed by atoms with van der Waals surface area (Å²) in [5.74, 6) is -0.750. The van der Waals surface area contributed by atoms with Gasteiger partial charge in [0.05, 0.1) is 7.11 Å². The van der Waals surface area contributed by atoms with E-state index < -0.39 is 12.0 Å². The first-order valence-corrected chi connectivity index (χ1v) is 6.72. The number of hydrogen-bond acceptors (Lipinski definition) is 3. The maximum absolute atomic E-state index is 11.6. The van der Waals surface area contributed by atoms with Crippen LogP contribution < -0.4 is 5.32 Å². The molecule has 4 heteroatoms. The lowest BCUT2D eigenvalue weighted by Gasteiger charge is -2.15. The van der Waals surface area contributed by atoms with Crippen molar-refractivity contribution in [3.8, 4) is 0 Å². The first-order valence-electron chi connectivity index (χ1n) is 6.72. The highest BCUT2D eigenvalue weighted by Gasteiger charge is 2.20. The zero-order valence-corrected chi connectivity index (χ0v) is 12.6. The molecule has 1 atom stereocenters. The zero-order valence-electron chi connectivity index (χ0n) is 12.6. The van der Waals surface area contributed by atoms with Crippen LogP contribution in [0, 0.1) is 0 Å². The Morgan fingerprint density at radius 1 is 1.25 bits per heavy atom. The second-order valence-corrected chi connectivity index (χ2v) is 3.77. The van der Waals surface area contributed by atoms with Gasteiger partial charge in [-0.15, -0.1) is 0 Å². The number of allylic oxidation sites excluding steroid dienone is 1. The molecule has 0 saturated heterocycles. The summed E-state index contributed by atoms with van der Waals surface area (Å²) in [5.41, 5.74) is 0.966. The minimum atomic E-state index is -0.666. The number of carbonyl (C=O) groups excluding carboxylic acids is 2. The normalized spacial score (nSPS) is 11.2. The number of nitrogens with one attached hydrogen (secondary N) is 1. The molecule has 1 amide bonds. The molecule has 0 saturated carbocycles. The Morgan fingerprint density at radius 3 is 2.35 bits per heavy atom. The van der Waals surface area contributed by atoms with Crippen LogP contribution in [0.2, 0.25) is 0 Å². The summed E-state index contributed by atoms with van der Waals surface area (Å²) in [6, 6.07) is 8.81. The van der Waals surface area contributed by atoms with Gasteiger partial charge in [-0.3, -0.25) is 4.79 Å². The number of amides is 1. The van der Waals surface area contributed by atoms with E-state index in [0.29, 0.717) is 6.42 Å². The second-order valence-electron chi connectivity index (χ2n) is 3.77. The van der Waals surface area contributed by atoms with E-state index in [1.54, 1.807) is 13.0 Å². The molecule has 0 spiro atoms. The van der Waals surface area contributed by atoms with Crippen LogP contribution in [0.25, 0.3) is 0 Å². The number of carbonyl (C=O) groups is 2. The Hall–Kier alpha value is -2.10. The van der Waals surface area contributed by atoms with Crippen LogP contribution in [0.1, 0.15) is 26.3 Å². The summed E-state index contributed by atoms with van der Waals surface area (Å²) in [4.78, 5) is 23.1. The highest BCUT2D eigenvalue weighted by atomic mass is 16.5. The van der Waals surface area contributed by atoms with Crippen LogP contribution >= 0.6 is 0 Å². The molecule has 1 N–H and O–H groups in total. The first-order chi connectivity index (χ1) is 9.67. The molecular formula is C16H23NO3. The topological polar surface area (TPSA) is 55.4 Å². The van der Waals surface area contributed by atoms with E-state index in [0.717, 1.165) is 5.56 Å². The third-order valence-electron chi connectivity index (χ3n) is 2.40. The van der Waals surface area contributed by atoms with Crippen LogP contribution in [0.4, 0.5) is 0 Å². The molecule has 0 fully saturated rings. The number of esters is 1. The fraction of sp³-hybridized carbons (Fsp3) is 0.375. The van der Waals surface area contributed by atoms with E-state index in [4.69, 9.17) is 0 Å². The van der Waals surface area contributed by atoms with Crippen LogP contribution in [0.3, 0.4) is 0 Å². The summed E-state index contributed by atoms with van der Waals surface area (Å²) in [5, 5.41) is 2.62. The van der Waals surface area contributed by atoms with Crippen molar-refractivity contribution < 1.29 is 14.3 Å². The molecule has 20 heavy (non-hydrogen) atoms. The maximum Gasteiger partial charge on any atom is 0.328 e. The Morgan fingerprint density at radius 2 is 1.85 bits per heavy atom. The van der Waals surface area contributed by atoms with Crippen molar-refractivity contribution >= 4 is 11.9 Å². The molecule has 0 aliphatic carbocycles. The number of hydrogen-bond donors (Lipinski definition) is 1. The van der Waals surface area contributed by atoms with E-state index in [1.165, 1.54) is 13.2 Å². The lowest BCUT2D eigenvalue weighted by atomic mass is 10.1. The van der Waals surface area contributed by atoms with Gasteiger partial charge in [0.25, 0.3) is 0 Å². The number of methoxy groups -OCH3 is 1. The van der Waals surface area contributed by atoms with Crippen LogP contribution in [0.15, 0.2) is 42.5 Å². The molecule has 0 aliphatic rings. The Balaban J connectivity index is 0.00000172. The van der Waals surface area contributed by atoms with Gasteiger partial charge in [0.1, 0.15) is 6.04 Å². The zero-order chi connectivity index (χ0) is 15.4. The van der Waals surface area contributed by atoms with Gasteiger partial charge in [0.2, 0.25) is 5.91 Å². The van der Waals surface area contributed by atoms with E-state index in [9.17, 15) is 9.59 Å². The summed E-state index contributed by atoms with van der Waals surface area (Å²) in [6.07, 6.45) is 3.41. The summed E-state index contributed by atoms with van der Waals surface area (Å²) >= 11 is 0. The van der Waals surface area contributed by atoms with E-state index >= 15 is 0 Å². The highest BCUT2D eigenvalue weighted by Crippen LogP contribution is 2.04. The van der Waals surface area contributed by atoms with Crippen LogP contribution in [-0.2, 0) is 20.7 Å². The minimum absolute atomic E-state index is 0.302. The Labute approximate surface area is 120 Å². The van der Waals surface area contributed by atoms with Gasteiger partial charge in [-0.05, 0) is 18.6 Å². The van der Waals surface area contributed by atoms with Crippen molar-refractivity contribution in [2.45, 2.75) is 33.2 Å². The number of ether oxygens (including phenoxy) is 1. The van der Waals surface area contributed by atoms with E-state index in [2.05, 4.69) is 10.1 Å². The Kier molecular flexibility index (Phi) is 9.66. The third-order valence-corrected chi connectivity index (χ3v) is 2.40.